The van der Waals surface area contributed by atoms with Crippen molar-refractivity contribution in [1.29, 1.82) is 0 Å². The minimum absolute atomic E-state index is 0.129. The molecule has 2 aliphatic rings. The number of pyridine rings is 1. The van der Waals surface area contributed by atoms with Gasteiger partial charge in [0.25, 0.3) is 11.5 Å². The number of carbonyl (C=O) groups excluding carboxylic acids is 1. The van der Waals surface area contributed by atoms with Crippen LogP contribution in [0.4, 0.5) is 11.6 Å². The number of hydrogen-bond acceptors (Lipinski definition) is 9. The first kappa shape index (κ1) is 26.8. The number of rotatable bonds is 9. The maximum atomic E-state index is 13.3. The van der Waals surface area contributed by atoms with E-state index in [4.69, 9.17) is 18.9 Å². The predicted molar refractivity (Wildman–Crippen MR) is 155 cm³/mol. The third kappa shape index (κ3) is 5.62. The summed E-state index contributed by atoms with van der Waals surface area (Å²) in [6.07, 6.45) is 8.80. The van der Waals surface area contributed by atoms with Crippen LogP contribution >= 0.6 is 0 Å². The Morgan fingerprint density at radius 1 is 1.15 bits per heavy atom. The van der Waals surface area contributed by atoms with E-state index in [1.54, 1.807) is 57.1 Å². The third-order valence-electron chi connectivity index (χ3n) is 7.83. The van der Waals surface area contributed by atoms with E-state index in [0.29, 0.717) is 57.6 Å². The van der Waals surface area contributed by atoms with E-state index in [0.717, 1.165) is 38.8 Å². The fourth-order valence-corrected chi connectivity index (χ4v) is 5.11. The zero-order valence-electron chi connectivity index (χ0n) is 23.5. The maximum absolute atomic E-state index is 13.3. The van der Waals surface area contributed by atoms with Crippen LogP contribution in [0.2, 0.25) is 0 Å². The highest BCUT2D eigenvalue weighted by Gasteiger charge is 2.26. The molecular weight excluding hydrogens is 524 g/mol. The lowest BCUT2D eigenvalue weighted by Crippen LogP contribution is -2.43. The molecule has 0 radical (unpaired) electrons. The summed E-state index contributed by atoms with van der Waals surface area (Å²) >= 11 is 0. The van der Waals surface area contributed by atoms with Gasteiger partial charge in [-0.3, -0.25) is 9.59 Å². The number of carbonyl (C=O) groups is 1. The Hall–Kier alpha value is -4.38. The average molecular weight is 559 g/mol. The minimum atomic E-state index is -0.255. The molecule has 4 heterocycles. The standard InChI is InChI=1S/C30H34N6O5/c1-35-11-8-21(9-12-35)32-28(37)19-6-7-22(24(14-19)39-3)33-30-31-15-23-26(34-30)25(20-10-13-40-17-20)27(29(38)36(23)2)41-16-18-4-5-18/h6-7,10,13-15,17-18,21H,4-5,8-9,11-12,16H2,1-3H3,(H,32,37)(H,31,33,34). The molecule has 1 amide bonds. The van der Waals surface area contributed by atoms with Crippen molar-refractivity contribution in [1.82, 2.24) is 24.8 Å². The van der Waals surface area contributed by atoms with Crippen LogP contribution in [0.15, 0.2) is 52.2 Å². The zero-order valence-corrected chi connectivity index (χ0v) is 23.5. The maximum Gasteiger partial charge on any atom is 0.293 e. The predicted octanol–water partition coefficient (Wildman–Crippen LogP) is 3.95. The van der Waals surface area contributed by atoms with Crippen molar-refractivity contribution in [2.75, 3.05) is 39.2 Å². The Morgan fingerprint density at radius 3 is 2.66 bits per heavy atom. The van der Waals surface area contributed by atoms with E-state index in [1.807, 2.05) is 0 Å². The van der Waals surface area contributed by atoms with Gasteiger partial charge in [-0.25, -0.2) is 9.97 Å². The molecule has 0 unspecified atom stereocenters. The smallest absolute Gasteiger partial charge is 0.293 e. The van der Waals surface area contributed by atoms with Crippen LogP contribution in [0.1, 0.15) is 36.0 Å². The van der Waals surface area contributed by atoms with Gasteiger partial charge in [0.2, 0.25) is 5.95 Å². The summed E-state index contributed by atoms with van der Waals surface area (Å²) in [5, 5.41) is 6.36. The minimum Gasteiger partial charge on any atom is -0.495 e. The molecule has 0 bridgehead atoms. The van der Waals surface area contributed by atoms with Crippen LogP contribution in [0.3, 0.4) is 0 Å². The van der Waals surface area contributed by atoms with Crippen molar-refractivity contribution in [3.63, 3.8) is 0 Å². The van der Waals surface area contributed by atoms with Crippen molar-refractivity contribution in [2.24, 2.45) is 13.0 Å². The highest BCUT2D eigenvalue weighted by Crippen LogP contribution is 2.37. The quantitative estimate of drug-likeness (QED) is 0.314. The van der Waals surface area contributed by atoms with E-state index in [2.05, 4.69) is 27.6 Å². The number of anilines is 2. The summed E-state index contributed by atoms with van der Waals surface area (Å²) in [4.78, 5) is 37.8. The summed E-state index contributed by atoms with van der Waals surface area (Å²) in [6.45, 7) is 2.41. The van der Waals surface area contributed by atoms with Crippen LogP contribution < -0.4 is 25.7 Å². The van der Waals surface area contributed by atoms with Gasteiger partial charge in [-0.15, -0.1) is 0 Å². The number of likely N-dealkylation sites (tertiary alicyclic amines) is 1. The second-order valence-electron chi connectivity index (χ2n) is 10.9. The number of nitrogens with one attached hydrogen (secondary N) is 2. The number of hydrogen-bond donors (Lipinski definition) is 2. The number of benzene rings is 1. The number of ether oxygens (including phenoxy) is 2. The van der Waals surface area contributed by atoms with Gasteiger partial charge < -0.3 is 34.0 Å². The highest BCUT2D eigenvalue weighted by molar-refractivity contribution is 5.96. The van der Waals surface area contributed by atoms with Crippen LogP contribution in [-0.2, 0) is 7.05 Å². The monoisotopic (exact) mass is 558 g/mol. The van der Waals surface area contributed by atoms with Crippen LogP contribution in [0.5, 0.6) is 11.5 Å². The molecule has 2 N–H and O–H groups in total. The van der Waals surface area contributed by atoms with Crippen molar-refractivity contribution < 1.29 is 18.7 Å². The molecule has 1 aromatic carbocycles. The molecule has 214 valence electrons. The summed E-state index contributed by atoms with van der Waals surface area (Å²) < 4.78 is 18.5. The fraction of sp³-hybridized carbons (Fsp3) is 0.400. The SMILES string of the molecule is COc1cc(C(=O)NC2CCN(C)CC2)ccc1Nc1ncc2c(n1)c(-c1ccoc1)c(OCC1CC1)c(=O)n2C. The first-order chi connectivity index (χ1) is 19.9. The van der Waals surface area contributed by atoms with E-state index < -0.39 is 0 Å². The van der Waals surface area contributed by atoms with Gasteiger partial charge in [0.15, 0.2) is 5.75 Å². The van der Waals surface area contributed by atoms with Gasteiger partial charge in [-0.1, -0.05) is 0 Å². The first-order valence-electron chi connectivity index (χ1n) is 13.9. The summed E-state index contributed by atoms with van der Waals surface area (Å²) in [6, 6.07) is 7.18. The molecule has 11 nitrogen and oxygen atoms in total. The number of methoxy groups -OCH3 is 1. The van der Waals surface area contributed by atoms with Crippen molar-refractivity contribution in [3.8, 4) is 22.6 Å². The number of furan rings is 1. The lowest BCUT2D eigenvalue weighted by Gasteiger charge is -2.29. The van der Waals surface area contributed by atoms with Gasteiger partial charge in [0.05, 0.1) is 49.2 Å². The number of aryl methyl sites for hydroxylation is 1. The number of amides is 1. The number of piperidine rings is 1. The molecule has 0 atom stereocenters. The topological polar surface area (TPSA) is 124 Å². The second kappa shape index (κ2) is 11.2. The number of aromatic nitrogens is 3. The van der Waals surface area contributed by atoms with Crippen molar-refractivity contribution >= 4 is 28.6 Å². The lowest BCUT2D eigenvalue weighted by molar-refractivity contribution is 0.0916. The summed E-state index contributed by atoms with van der Waals surface area (Å²) in [7, 11) is 5.33. The average Bonchev–Trinajstić information content (AvgIpc) is 3.66. The van der Waals surface area contributed by atoms with Gasteiger partial charge >= 0.3 is 0 Å². The van der Waals surface area contributed by atoms with E-state index in [9.17, 15) is 9.59 Å². The fourth-order valence-electron chi connectivity index (χ4n) is 5.11. The number of fused-ring (bicyclic) bond motifs is 1. The second-order valence-corrected chi connectivity index (χ2v) is 10.9. The van der Waals surface area contributed by atoms with E-state index >= 15 is 0 Å². The number of nitrogens with zero attached hydrogens (tertiary/aromatic N) is 4. The third-order valence-corrected chi connectivity index (χ3v) is 7.83. The summed E-state index contributed by atoms with van der Waals surface area (Å²) in [5.74, 6) is 1.37. The molecule has 0 spiro atoms. The van der Waals surface area contributed by atoms with E-state index in [1.165, 1.54) is 4.57 Å². The highest BCUT2D eigenvalue weighted by atomic mass is 16.5. The van der Waals surface area contributed by atoms with Crippen LogP contribution in [0, 0.1) is 5.92 Å². The molecule has 1 saturated heterocycles. The Bertz CT molecular complexity index is 1620. The Labute approximate surface area is 237 Å². The molecular formula is C30H34N6O5. The molecule has 3 aromatic heterocycles. The van der Waals surface area contributed by atoms with Crippen molar-refractivity contribution in [2.45, 2.75) is 31.7 Å². The molecule has 1 saturated carbocycles. The van der Waals surface area contributed by atoms with E-state index in [-0.39, 0.29) is 23.3 Å². The molecule has 41 heavy (non-hydrogen) atoms. The Kier molecular flexibility index (Phi) is 7.36. The van der Waals surface area contributed by atoms with Crippen LogP contribution in [0.25, 0.3) is 22.2 Å². The zero-order chi connectivity index (χ0) is 28.5. The Morgan fingerprint density at radius 2 is 1.95 bits per heavy atom. The first-order valence-corrected chi connectivity index (χ1v) is 13.9. The van der Waals surface area contributed by atoms with Crippen molar-refractivity contribution in [3.05, 3.63) is 58.9 Å². The normalized spacial score (nSPS) is 16.1. The molecule has 6 rings (SSSR count). The molecule has 11 heteroatoms. The van der Waals surface area contributed by atoms with Gasteiger partial charge in [0, 0.05) is 24.2 Å². The largest absolute Gasteiger partial charge is 0.495 e. The molecule has 2 fully saturated rings. The van der Waals surface area contributed by atoms with Gasteiger partial charge in [-0.2, -0.15) is 0 Å². The summed E-state index contributed by atoms with van der Waals surface area (Å²) in [5.41, 5.74) is 3.22. The lowest BCUT2D eigenvalue weighted by atomic mass is 10.0. The molecule has 4 aromatic rings. The molecule has 1 aliphatic carbocycles. The Balaban J connectivity index is 1.31. The molecule has 1 aliphatic heterocycles. The van der Waals surface area contributed by atoms with Gasteiger partial charge in [-0.05, 0) is 76.0 Å². The van der Waals surface area contributed by atoms with Gasteiger partial charge in [0.1, 0.15) is 11.3 Å². The van der Waals surface area contributed by atoms with Crippen LogP contribution in [-0.4, -0.2) is 65.2 Å².